The molecule has 0 aliphatic heterocycles. The topological polar surface area (TPSA) is 69.2 Å². The molecular formula is C13H16N2O3S2. The summed E-state index contributed by atoms with van der Waals surface area (Å²) in [6.07, 6.45) is 2.47. The van der Waals surface area contributed by atoms with Crippen molar-refractivity contribution in [2.45, 2.75) is 24.6 Å². The zero-order valence-corrected chi connectivity index (χ0v) is 13.0. The van der Waals surface area contributed by atoms with Gasteiger partial charge in [0, 0.05) is 6.20 Å². The molecule has 0 fully saturated rings. The van der Waals surface area contributed by atoms with Crippen molar-refractivity contribution in [3.05, 3.63) is 18.3 Å². The Morgan fingerprint density at radius 1 is 1.50 bits per heavy atom. The van der Waals surface area contributed by atoms with Crippen molar-refractivity contribution < 1.29 is 13.7 Å². The largest absolute Gasteiger partial charge is 0.465 e. The number of pyridine rings is 1. The van der Waals surface area contributed by atoms with Crippen LogP contribution < -0.4 is 0 Å². The lowest BCUT2D eigenvalue weighted by Gasteiger charge is -2.05. The first-order valence-electron chi connectivity index (χ1n) is 6.32. The molecule has 1 atom stereocenters. The Labute approximate surface area is 123 Å². The summed E-state index contributed by atoms with van der Waals surface area (Å²) >= 11 is 1.25. The molecular weight excluding hydrogens is 296 g/mol. The van der Waals surface area contributed by atoms with Crippen LogP contribution in [0.5, 0.6) is 0 Å². The van der Waals surface area contributed by atoms with Crippen LogP contribution in [0.2, 0.25) is 0 Å². The van der Waals surface area contributed by atoms with E-state index in [0.717, 1.165) is 11.3 Å². The Morgan fingerprint density at radius 2 is 2.30 bits per heavy atom. The summed E-state index contributed by atoms with van der Waals surface area (Å²) in [5.74, 6) is -0.127. The van der Waals surface area contributed by atoms with Crippen LogP contribution in [-0.2, 0) is 20.3 Å². The molecule has 20 heavy (non-hydrogen) atoms. The number of thiazole rings is 1. The normalized spacial score (nSPS) is 12.8. The van der Waals surface area contributed by atoms with Crippen molar-refractivity contribution >= 4 is 38.5 Å². The van der Waals surface area contributed by atoms with Crippen molar-refractivity contribution in [1.82, 2.24) is 9.97 Å². The minimum atomic E-state index is -1.47. The summed E-state index contributed by atoms with van der Waals surface area (Å²) in [5, 5.41) is 0. The minimum Gasteiger partial charge on any atom is -0.465 e. The molecule has 2 aromatic rings. The summed E-state index contributed by atoms with van der Waals surface area (Å²) in [5.41, 5.74) is 0.703. The van der Waals surface area contributed by atoms with Gasteiger partial charge in [-0.15, -0.1) is 0 Å². The number of fused-ring (bicyclic) bond motifs is 1. The van der Waals surface area contributed by atoms with E-state index in [0.29, 0.717) is 22.4 Å². The molecule has 0 N–H and O–H groups in total. The predicted octanol–water partition coefficient (Wildman–Crippen LogP) is 2.39. The van der Waals surface area contributed by atoms with Gasteiger partial charge in [0.05, 0.1) is 17.4 Å². The molecule has 0 radical (unpaired) electrons. The lowest BCUT2D eigenvalue weighted by molar-refractivity contribution is -0.140. The fourth-order valence-corrected chi connectivity index (χ4v) is 3.51. The van der Waals surface area contributed by atoms with Crippen LogP contribution in [0.25, 0.3) is 10.3 Å². The predicted molar refractivity (Wildman–Crippen MR) is 79.1 cm³/mol. The highest BCUT2D eigenvalue weighted by Crippen LogP contribution is 2.22. The second-order valence-electron chi connectivity index (χ2n) is 4.70. The number of hydrogen-bond donors (Lipinski definition) is 0. The molecule has 0 aliphatic carbocycles. The summed E-state index contributed by atoms with van der Waals surface area (Å²) in [4.78, 5) is 20.7. The Morgan fingerprint density at radius 3 is 3.00 bits per heavy atom. The fourth-order valence-electron chi connectivity index (χ4n) is 1.47. The molecule has 0 spiro atoms. The fraction of sp³-hybridized carbons (Fsp3) is 0.462. The molecule has 0 bridgehead atoms. The van der Waals surface area contributed by atoms with Gasteiger partial charge in [0.25, 0.3) is 0 Å². The Kier molecular flexibility index (Phi) is 5.19. The van der Waals surface area contributed by atoms with E-state index in [-0.39, 0.29) is 5.75 Å². The van der Waals surface area contributed by atoms with E-state index in [9.17, 15) is 9.00 Å². The van der Waals surface area contributed by atoms with Gasteiger partial charge in [-0.3, -0.25) is 9.00 Å². The van der Waals surface area contributed by atoms with Gasteiger partial charge in [0.2, 0.25) is 0 Å². The Hall–Kier alpha value is -1.34. The number of hydrogen-bond acceptors (Lipinski definition) is 6. The maximum atomic E-state index is 12.1. The Bertz CT molecular complexity index is 592. The SMILES string of the molecule is CC(C)CCOC(=O)CS(=O)c1nc2cccnc2s1. The molecule has 2 rings (SSSR count). The zero-order chi connectivity index (χ0) is 14.5. The van der Waals surface area contributed by atoms with Gasteiger partial charge in [-0.2, -0.15) is 0 Å². The first-order chi connectivity index (χ1) is 9.56. The average molecular weight is 312 g/mol. The molecule has 5 nitrogen and oxygen atoms in total. The third kappa shape index (κ3) is 4.08. The van der Waals surface area contributed by atoms with Gasteiger partial charge < -0.3 is 4.74 Å². The molecule has 1 unspecified atom stereocenters. The van der Waals surface area contributed by atoms with Gasteiger partial charge in [0.15, 0.2) is 4.34 Å². The van der Waals surface area contributed by atoms with E-state index < -0.39 is 16.8 Å². The summed E-state index contributed by atoms with van der Waals surface area (Å²) < 4.78 is 17.5. The van der Waals surface area contributed by atoms with Crippen molar-refractivity contribution in [2.24, 2.45) is 5.92 Å². The summed E-state index contributed by atoms with van der Waals surface area (Å²) in [6.45, 7) is 4.48. The van der Waals surface area contributed by atoms with Crippen LogP contribution in [0.4, 0.5) is 0 Å². The molecule has 0 saturated carbocycles. The van der Waals surface area contributed by atoms with E-state index in [4.69, 9.17) is 4.74 Å². The van der Waals surface area contributed by atoms with Crippen LogP contribution in [0, 0.1) is 5.92 Å². The molecule has 0 amide bonds. The molecule has 0 saturated heterocycles. The highest BCUT2D eigenvalue weighted by atomic mass is 32.2. The van der Waals surface area contributed by atoms with Crippen molar-refractivity contribution in [2.75, 3.05) is 12.4 Å². The number of esters is 1. The summed E-state index contributed by atoms with van der Waals surface area (Å²) in [6, 6.07) is 3.58. The van der Waals surface area contributed by atoms with Gasteiger partial charge in [-0.25, -0.2) is 9.97 Å². The van der Waals surface area contributed by atoms with E-state index >= 15 is 0 Å². The smallest absolute Gasteiger partial charge is 0.319 e. The van der Waals surface area contributed by atoms with Crippen molar-refractivity contribution in [3.63, 3.8) is 0 Å². The van der Waals surface area contributed by atoms with Crippen LogP contribution >= 0.6 is 11.3 Å². The molecule has 7 heteroatoms. The highest BCUT2D eigenvalue weighted by molar-refractivity contribution is 7.88. The third-order valence-corrected chi connectivity index (χ3v) is 5.11. The van der Waals surface area contributed by atoms with E-state index in [1.807, 2.05) is 0 Å². The quantitative estimate of drug-likeness (QED) is 0.766. The highest BCUT2D eigenvalue weighted by Gasteiger charge is 2.16. The maximum Gasteiger partial charge on any atom is 0.319 e. The zero-order valence-electron chi connectivity index (χ0n) is 11.4. The van der Waals surface area contributed by atoms with Gasteiger partial charge in [-0.1, -0.05) is 25.2 Å². The van der Waals surface area contributed by atoms with Crippen molar-refractivity contribution in [1.29, 1.82) is 0 Å². The maximum absolute atomic E-state index is 12.1. The van der Waals surface area contributed by atoms with E-state index in [1.54, 1.807) is 18.3 Å². The third-order valence-electron chi connectivity index (χ3n) is 2.55. The second-order valence-corrected chi connectivity index (χ2v) is 7.30. The van der Waals surface area contributed by atoms with Gasteiger partial charge >= 0.3 is 5.97 Å². The molecule has 0 aromatic carbocycles. The number of aromatic nitrogens is 2. The van der Waals surface area contributed by atoms with Gasteiger partial charge in [-0.05, 0) is 24.5 Å². The number of carbonyl (C=O) groups excluding carboxylic acids is 1. The van der Waals surface area contributed by atoms with Crippen LogP contribution in [-0.4, -0.2) is 32.5 Å². The Balaban J connectivity index is 1.92. The standard InChI is InChI=1S/C13H16N2O3S2/c1-9(2)5-7-18-11(16)8-20(17)13-15-10-4-3-6-14-12(10)19-13/h3-4,6,9H,5,7-8H2,1-2H3. The average Bonchev–Trinajstić information content (AvgIpc) is 2.82. The first kappa shape index (κ1) is 15.1. The minimum absolute atomic E-state index is 0.155. The van der Waals surface area contributed by atoms with E-state index in [1.165, 1.54) is 11.3 Å². The molecule has 2 heterocycles. The number of carbonyl (C=O) groups is 1. The first-order valence-corrected chi connectivity index (χ1v) is 8.45. The van der Waals surface area contributed by atoms with Crippen LogP contribution in [0.3, 0.4) is 0 Å². The van der Waals surface area contributed by atoms with Crippen molar-refractivity contribution in [3.8, 4) is 0 Å². The number of nitrogens with zero attached hydrogens (tertiary/aromatic N) is 2. The van der Waals surface area contributed by atoms with Gasteiger partial charge in [0.1, 0.15) is 16.1 Å². The monoisotopic (exact) mass is 312 g/mol. The second kappa shape index (κ2) is 6.90. The lowest BCUT2D eigenvalue weighted by atomic mass is 10.1. The molecule has 108 valence electrons. The molecule has 2 aromatic heterocycles. The van der Waals surface area contributed by atoms with E-state index in [2.05, 4.69) is 23.8 Å². The van der Waals surface area contributed by atoms with Crippen LogP contribution in [0.15, 0.2) is 22.7 Å². The molecule has 0 aliphatic rings. The number of ether oxygens (including phenoxy) is 1. The lowest BCUT2D eigenvalue weighted by Crippen LogP contribution is -2.15. The summed E-state index contributed by atoms with van der Waals surface area (Å²) in [7, 11) is -1.47. The van der Waals surface area contributed by atoms with Crippen LogP contribution in [0.1, 0.15) is 20.3 Å². The number of rotatable bonds is 6.